The zero-order chi connectivity index (χ0) is 17.5. The van der Waals surface area contributed by atoms with Crippen molar-refractivity contribution in [1.82, 2.24) is 0 Å². The van der Waals surface area contributed by atoms with Gasteiger partial charge in [-0.05, 0) is 57.9 Å². The number of carbonyl (C=O) groups is 2. The maximum atomic E-state index is 12.0. The van der Waals surface area contributed by atoms with Gasteiger partial charge in [-0.2, -0.15) is 0 Å². The van der Waals surface area contributed by atoms with Crippen molar-refractivity contribution in [3.8, 4) is 5.75 Å². The number of anilines is 1. The van der Waals surface area contributed by atoms with Crippen molar-refractivity contribution in [2.24, 2.45) is 0 Å². The number of nitrogens with one attached hydrogen (secondary N) is 1. The van der Waals surface area contributed by atoms with Crippen molar-refractivity contribution in [3.05, 3.63) is 64.1 Å². The second-order valence-corrected chi connectivity index (χ2v) is 5.64. The molecule has 0 fully saturated rings. The van der Waals surface area contributed by atoms with Crippen LogP contribution in [0.3, 0.4) is 0 Å². The van der Waals surface area contributed by atoms with Crippen LogP contribution in [0.4, 0.5) is 5.69 Å². The number of rotatable bonds is 5. The Labute approximate surface area is 148 Å². The molecule has 1 amide bonds. The summed E-state index contributed by atoms with van der Waals surface area (Å²) in [4.78, 5) is 23.5. The zero-order valence-electron chi connectivity index (χ0n) is 13.2. The first-order valence-electron chi connectivity index (χ1n) is 7.04. The molecule has 0 radical (unpaired) electrons. The highest BCUT2D eigenvalue weighted by molar-refractivity contribution is 9.10. The predicted octanol–water partition coefficient (Wildman–Crippen LogP) is 3.90. The van der Waals surface area contributed by atoms with E-state index in [0.29, 0.717) is 11.3 Å². The summed E-state index contributed by atoms with van der Waals surface area (Å²) in [6, 6.07) is 12.0. The first-order chi connectivity index (χ1) is 11.5. The van der Waals surface area contributed by atoms with Crippen LogP contribution in [-0.2, 0) is 9.53 Å². The van der Waals surface area contributed by atoms with E-state index in [0.717, 1.165) is 15.8 Å². The van der Waals surface area contributed by atoms with Gasteiger partial charge in [0.25, 0.3) is 0 Å². The van der Waals surface area contributed by atoms with Crippen molar-refractivity contribution in [2.75, 3.05) is 19.5 Å². The van der Waals surface area contributed by atoms with E-state index in [1.165, 1.54) is 13.2 Å². The quantitative estimate of drug-likeness (QED) is 0.622. The molecular weight excluding hydrogens is 374 g/mol. The van der Waals surface area contributed by atoms with Crippen LogP contribution >= 0.6 is 15.9 Å². The minimum atomic E-state index is -0.454. The molecule has 5 nitrogen and oxygen atoms in total. The third-order valence-corrected chi connectivity index (χ3v) is 3.77. The molecule has 0 aliphatic carbocycles. The summed E-state index contributed by atoms with van der Waals surface area (Å²) in [5, 5.41) is 2.70. The van der Waals surface area contributed by atoms with E-state index >= 15 is 0 Å². The van der Waals surface area contributed by atoms with Gasteiger partial charge in [-0.1, -0.05) is 12.1 Å². The Morgan fingerprint density at radius 2 is 1.92 bits per heavy atom. The molecule has 124 valence electrons. The maximum Gasteiger partial charge on any atom is 0.337 e. The van der Waals surface area contributed by atoms with Crippen LogP contribution in [0.15, 0.2) is 53.0 Å². The lowest BCUT2D eigenvalue weighted by atomic mass is 10.2. The molecule has 24 heavy (non-hydrogen) atoms. The Balaban J connectivity index is 2.05. The van der Waals surface area contributed by atoms with E-state index in [-0.39, 0.29) is 5.91 Å². The lowest BCUT2D eigenvalue weighted by Crippen LogP contribution is -2.09. The van der Waals surface area contributed by atoms with Crippen molar-refractivity contribution in [3.63, 3.8) is 0 Å². The summed E-state index contributed by atoms with van der Waals surface area (Å²) in [5.41, 5.74) is 1.74. The topological polar surface area (TPSA) is 64.6 Å². The molecule has 6 heteroatoms. The second-order valence-electron chi connectivity index (χ2n) is 4.79. The van der Waals surface area contributed by atoms with Crippen LogP contribution in [0.25, 0.3) is 6.08 Å². The number of hydrogen-bond donors (Lipinski definition) is 1. The first-order valence-corrected chi connectivity index (χ1v) is 7.84. The average Bonchev–Trinajstić information content (AvgIpc) is 2.59. The van der Waals surface area contributed by atoms with Crippen molar-refractivity contribution < 1.29 is 19.1 Å². The largest absolute Gasteiger partial charge is 0.496 e. The minimum absolute atomic E-state index is 0.302. The molecule has 1 N–H and O–H groups in total. The van der Waals surface area contributed by atoms with Crippen LogP contribution in [0.5, 0.6) is 5.75 Å². The van der Waals surface area contributed by atoms with Crippen LogP contribution in [0.2, 0.25) is 0 Å². The minimum Gasteiger partial charge on any atom is -0.496 e. The van der Waals surface area contributed by atoms with E-state index < -0.39 is 5.97 Å². The van der Waals surface area contributed by atoms with Gasteiger partial charge >= 0.3 is 5.97 Å². The standard InChI is InChI=1S/C18H16BrNO4/c1-23-16-8-6-12(10-15(16)19)7-9-17(21)20-14-5-3-4-13(11-14)18(22)24-2/h3-11H,1-2H3,(H,20,21)/b9-7+. The number of ether oxygens (including phenoxy) is 2. The van der Waals surface area contributed by atoms with Gasteiger partial charge in [-0.25, -0.2) is 4.79 Å². The Kier molecular flexibility index (Phi) is 6.14. The molecule has 0 saturated heterocycles. The number of halogens is 1. The molecule has 0 heterocycles. The van der Waals surface area contributed by atoms with Crippen LogP contribution < -0.4 is 10.1 Å². The third-order valence-electron chi connectivity index (χ3n) is 3.15. The van der Waals surface area contributed by atoms with E-state index in [4.69, 9.17) is 4.74 Å². The lowest BCUT2D eigenvalue weighted by molar-refractivity contribution is -0.111. The Bertz CT molecular complexity index is 786. The van der Waals surface area contributed by atoms with Crippen molar-refractivity contribution in [2.45, 2.75) is 0 Å². The fraction of sp³-hybridized carbons (Fsp3) is 0.111. The van der Waals surface area contributed by atoms with Crippen LogP contribution in [0, 0.1) is 0 Å². The van der Waals surface area contributed by atoms with Gasteiger partial charge < -0.3 is 14.8 Å². The molecule has 0 aliphatic heterocycles. The van der Waals surface area contributed by atoms with Gasteiger partial charge in [0.2, 0.25) is 5.91 Å². The highest BCUT2D eigenvalue weighted by Crippen LogP contribution is 2.26. The van der Waals surface area contributed by atoms with Gasteiger partial charge in [-0.3, -0.25) is 4.79 Å². The second kappa shape index (κ2) is 8.31. The number of hydrogen-bond acceptors (Lipinski definition) is 4. The molecule has 0 aliphatic rings. The Morgan fingerprint density at radius 1 is 1.12 bits per heavy atom. The average molecular weight is 390 g/mol. The Morgan fingerprint density at radius 3 is 2.58 bits per heavy atom. The van der Waals surface area contributed by atoms with Gasteiger partial charge in [0.05, 0.1) is 24.3 Å². The molecule has 2 rings (SSSR count). The van der Waals surface area contributed by atoms with Gasteiger partial charge in [0.1, 0.15) is 5.75 Å². The maximum absolute atomic E-state index is 12.0. The van der Waals surface area contributed by atoms with E-state index in [9.17, 15) is 9.59 Å². The smallest absolute Gasteiger partial charge is 0.337 e. The molecule has 0 saturated carbocycles. The number of benzene rings is 2. The fourth-order valence-corrected chi connectivity index (χ4v) is 2.54. The van der Waals surface area contributed by atoms with Crippen LogP contribution in [-0.4, -0.2) is 26.1 Å². The summed E-state index contributed by atoms with van der Waals surface area (Å²) < 4.78 is 10.6. The van der Waals surface area contributed by atoms with E-state index in [1.807, 2.05) is 18.2 Å². The summed E-state index contributed by atoms with van der Waals surface area (Å²) in [6.07, 6.45) is 3.10. The van der Waals surface area contributed by atoms with Gasteiger partial charge in [-0.15, -0.1) is 0 Å². The highest BCUT2D eigenvalue weighted by Gasteiger charge is 2.06. The molecule has 0 aromatic heterocycles. The summed E-state index contributed by atoms with van der Waals surface area (Å²) in [5.74, 6) is -0.0371. The SMILES string of the molecule is COC(=O)c1cccc(NC(=O)/C=C/c2ccc(OC)c(Br)c2)c1. The number of methoxy groups -OCH3 is 2. The van der Waals surface area contributed by atoms with Gasteiger partial charge in [0.15, 0.2) is 0 Å². The summed E-state index contributed by atoms with van der Waals surface area (Å²) >= 11 is 3.39. The molecule has 0 atom stereocenters. The number of amides is 1. The van der Waals surface area contributed by atoms with Gasteiger partial charge in [0, 0.05) is 11.8 Å². The predicted molar refractivity (Wildman–Crippen MR) is 96.1 cm³/mol. The van der Waals surface area contributed by atoms with Crippen LogP contribution in [0.1, 0.15) is 15.9 Å². The Hall–Kier alpha value is -2.60. The lowest BCUT2D eigenvalue weighted by Gasteiger charge is -2.05. The summed E-state index contributed by atoms with van der Waals surface area (Å²) in [6.45, 7) is 0. The first kappa shape index (κ1) is 17.7. The molecular formula is C18H16BrNO4. The highest BCUT2D eigenvalue weighted by atomic mass is 79.9. The molecule has 2 aromatic rings. The zero-order valence-corrected chi connectivity index (χ0v) is 14.8. The summed E-state index contributed by atoms with van der Waals surface area (Å²) in [7, 11) is 2.90. The molecule has 0 spiro atoms. The third kappa shape index (κ3) is 4.70. The number of esters is 1. The normalized spacial score (nSPS) is 10.5. The van der Waals surface area contributed by atoms with E-state index in [1.54, 1.807) is 37.5 Å². The fourth-order valence-electron chi connectivity index (χ4n) is 1.98. The van der Waals surface area contributed by atoms with Crippen molar-refractivity contribution in [1.29, 1.82) is 0 Å². The molecule has 0 bridgehead atoms. The molecule has 2 aromatic carbocycles. The van der Waals surface area contributed by atoms with E-state index in [2.05, 4.69) is 26.0 Å². The number of carbonyl (C=O) groups excluding carboxylic acids is 2. The van der Waals surface area contributed by atoms with Crippen molar-refractivity contribution >= 4 is 39.6 Å². The molecule has 0 unspecified atom stereocenters. The monoisotopic (exact) mass is 389 g/mol.